The Kier molecular flexibility index (Phi) is 6.30. The fourth-order valence-corrected chi connectivity index (χ4v) is 2.68. The summed E-state index contributed by atoms with van der Waals surface area (Å²) in [6.45, 7) is 5.85. The van der Waals surface area contributed by atoms with Crippen LogP contribution < -0.4 is 5.32 Å². The Labute approximate surface area is 129 Å². The van der Waals surface area contributed by atoms with Gasteiger partial charge in [-0.25, -0.2) is 0 Å². The molecule has 1 aliphatic rings. The first-order valence-corrected chi connectivity index (χ1v) is 7.12. The molecule has 1 amide bonds. The minimum absolute atomic E-state index is 0. The predicted molar refractivity (Wildman–Crippen MR) is 83.7 cm³/mol. The standard InChI is InChI=1S/C14H19BrN2O.ClH/c1-10-8-17(9-11(2)16-10)14(18)7-12-3-5-13(15)6-4-12;/h3-6,10-11,16H,7-9H2,1-2H3;1H. The van der Waals surface area contributed by atoms with Gasteiger partial charge in [0.25, 0.3) is 0 Å². The highest BCUT2D eigenvalue weighted by Crippen LogP contribution is 2.13. The summed E-state index contributed by atoms with van der Waals surface area (Å²) in [5.74, 6) is 0.220. The van der Waals surface area contributed by atoms with Gasteiger partial charge in [-0.15, -0.1) is 12.4 Å². The maximum Gasteiger partial charge on any atom is 0.227 e. The Morgan fingerprint density at radius 3 is 2.32 bits per heavy atom. The van der Waals surface area contributed by atoms with E-state index in [0.717, 1.165) is 23.1 Å². The summed E-state index contributed by atoms with van der Waals surface area (Å²) < 4.78 is 1.04. The van der Waals surface area contributed by atoms with Gasteiger partial charge in [-0.3, -0.25) is 4.79 Å². The van der Waals surface area contributed by atoms with E-state index in [-0.39, 0.29) is 18.3 Å². The molecule has 0 bridgehead atoms. The lowest BCUT2D eigenvalue weighted by atomic mass is 10.1. The number of amides is 1. The monoisotopic (exact) mass is 346 g/mol. The Morgan fingerprint density at radius 1 is 1.26 bits per heavy atom. The van der Waals surface area contributed by atoms with Crippen LogP contribution in [-0.2, 0) is 11.2 Å². The maximum absolute atomic E-state index is 12.2. The summed E-state index contributed by atoms with van der Waals surface area (Å²) in [7, 11) is 0. The maximum atomic E-state index is 12.2. The fraction of sp³-hybridized carbons (Fsp3) is 0.500. The van der Waals surface area contributed by atoms with Gasteiger partial charge in [0.15, 0.2) is 0 Å². The average Bonchev–Trinajstić information content (AvgIpc) is 2.31. The van der Waals surface area contributed by atoms with Crippen molar-refractivity contribution < 1.29 is 4.79 Å². The summed E-state index contributed by atoms with van der Waals surface area (Å²) >= 11 is 3.40. The number of hydrogen-bond acceptors (Lipinski definition) is 2. The fourth-order valence-electron chi connectivity index (χ4n) is 2.42. The quantitative estimate of drug-likeness (QED) is 0.892. The van der Waals surface area contributed by atoms with E-state index in [1.54, 1.807) is 0 Å². The van der Waals surface area contributed by atoms with Gasteiger partial charge in [-0.2, -0.15) is 0 Å². The van der Waals surface area contributed by atoms with Crippen LogP contribution >= 0.6 is 28.3 Å². The number of carbonyl (C=O) groups excluding carboxylic acids is 1. The van der Waals surface area contributed by atoms with Crippen molar-refractivity contribution in [2.45, 2.75) is 32.4 Å². The Bertz CT molecular complexity index is 414. The normalized spacial score (nSPS) is 22.8. The van der Waals surface area contributed by atoms with Gasteiger partial charge in [0, 0.05) is 29.6 Å². The number of carbonyl (C=O) groups is 1. The largest absolute Gasteiger partial charge is 0.339 e. The van der Waals surface area contributed by atoms with Crippen LogP contribution in [0.2, 0.25) is 0 Å². The molecule has 3 nitrogen and oxygen atoms in total. The first kappa shape index (κ1) is 16.5. The van der Waals surface area contributed by atoms with E-state index in [9.17, 15) is 4.79 Å². The van der Waals surface area contributed by atoms with Crippen molar-refractivity contribution in [1.29, 1.82) is 0 Å². The number of nitrogens with zero attached hydrogens (tertiary/aromatic N) is 1. The molecule has 0 saturated carbocycles. The molecule has 5 heteroatoms. The van der Waals surface area contributed by atoms with Gasteiger partial charge < -0.3 is 10.2 Å². The molecule has 2 unspecified atom stereocenters. The third-order valence-corrected chi connectivity index (χ3v) is 3.71. The second-order valence-corrected chi connectivity index (χ2v) is 5.99. The zero-order valence-electron chi connectivity index (χ0n) is 11.2. The van der Waals surface area contributed by atoms with Gasteiger partial charge in [0.1, 0.15) is 0 Å². The first-order valence-electron chi connectivity index (χ1n) is 6.33. The van der Waals surface area contributed by atoms with Crippen LogP contribution in [0.25, 0.3) is 0 Å². The van der Waals surface area contributed by atoms with Gasteiger partial charge in [-0.05, 0) is 31.5 Å². The van der Waals surface area contributed by atoms with E-state index >= 15 is 0 Å². The van der Waals surface area contributed by atoms with Crippen LogP contribution in [0.15, 0.2) is 28.7 Å². The number of nitrogens with one attached hydrogen (secondary N) is 1. The Morgan fingerprint density at radius 2 is 1.79 bits per heavy atom. The molecule has 1 aliphatic heterocycles. The second-order valence-electron chi connectivity index (χ2n) is 5.07. The Hall–Kier alpha value is -0.580. The first-order chi connectivity index (χ1) is 8.54. The molecule has 2 atom stereocenters. The van der Waals surface area contributed by atoms with Gasteiger partial charge >= 0.3 is 0 Å². The molecule has 0 radical (unpaired) electrons. The minimum atomic E-state index is 0. The number of benzene rings is 1. The van der Waals surface area contributed by atoms with Crippen molar-refractivity contribution in [2.24, 2.45) is 0 Å². The van der Waals surface area contributed by atoms with Crippen molar-refractivity contribution >= 4 is 34.2 Å². The van der Waals surface area contributed by atoms with Crippen molar-refractivity contribution in [1.82, 2.24) is 10.2 Å². The van der Waals surface area contributed by atoms with Crippen LogP contribution in [0.4, 0.5) is 0 Å². The van der Waals surface area contributed by atoms with Gasteiger partial charge in [-0.1, -0.05) is 28.1 Å². The molecular weight excluding hydrogens is 328 g/mol. The van der Waals surface area contributed by atoms with E-state index in [2.05, 4.69) is 35.1 Å². The summed E-state index contributed by atoms with van der Waals surface area (Å²) in [6, 6.07) is 8.70. The molecule has 1 aromatic carbocycles. The van der Waals surface area contributed by atoms with Crippen molar-refractivity contribution in [3.8, 4) is 0 Å². The molecular formula is C14H20BrClN2O. The lowest BCUT2D eigenvalue weighted by Gasteiger charge is -2.36. The van der Waals surface area contributed by atoms with E-state index in [1.807, 2.05) is 29.2 Å². The zero-order chi connectivity index (χ0) is 13.1. The lowest BCUT2D eigenvalue weighted by molar-refractivity contribution is -0.132. The SMILES string of the molecule is CC1CN(C(=O)Cc2ccc(Br)cc2)CC(C)N1.Cl. The lowest BCUT2D eigenvalue weighted by Crippen LogP contribution is -2.56. The number of halogens is 2. The summed E-state index contributed by atoms with van der Waals surface area (Å²) in [4.78, 5) is 14.2. The second kappa shape index (κ2) is 7.27. The smallest absolute Gasteiger partial charge is 0.227 e. The predicted octanol–water partition coefficient (Wildman–Crippen LogP) is 2.62. The molecule has 19 heavy (non-hydrogen) atoms. The molecule has 106 valence electrons. The summed E-state index contributed by atoms with van der Waals surface area (Å²) in [5, 5.41) is 3.44. The van der Waals surface area contributed by atoms with Crippen LogP contribution in [0.3, 0.4) is 0 Å². The molecule has 1 saturated heterocycles. The topological polar surface area (TPSA) is 32.3 Å². The van der Waals surface area contributed by atoms with E-state index in [1.165, 1.54) is 0 Å². The van der Waals surface area contributed by atoms with Crippen LogP contribution in [0.5, 0.6) is 0 Å². The zero-order valence-corrected chi connectivity index (χ0v) is 13.6. The highest BCUT2D eigenvalue weighted by Gasteiger charge is 2.24. The average molecular weight is 348 g/mol. The van der Waals surface area contributed by atoms with Crippen molar-refractivity contribution in [3.63, 3.8) is 0 Å². The van der Waals surface area contributed by atoms with Crippen LogP contribution in [0.1, 0.15) is 19.4 Å². The van der Waals surface area contributed by atoms with E-state index < -0.39 is 0 Å². The summed E-state index contributed by atoms with van der Waals surface area (Å²) in [6.07, 6.45) is 0.493. The molecule has 1 aromatic rings. The molecule has 1 heterocycles. The number of rotatable bonds is 2. The molecule has 0 aromatic heterocycles. The number of piperazine rings is 1. The molecule has 2 rings (SSSR count). The molecule has 0 aliphatic carbocycles. The third-order valence-electron chi connectivity index (χ3n) is 3.18. The molecule has 0 spiro atoms. The highest BCUT2D eigenvalue weighted by molar-refractivity contribution is 9.10. The van der Waals surface area contributed by atoms with E-state index in [0.29, 0.717) is 18.5 Å². The molecule has 1 fully saturated rings. The van der Waals surface area contributed by atoms with E-state index in [4.69, 9.17) is 0 Å². The van der Waals surface area contributed by atoms with Gasteiger partial charge in [0.2, 0.25) is 5.91 Å². The summed E-state index contributed by atoms with van der Waals surface area (Å²) in [5.41, 5.74) is 1.07. The van der Waals surface area contributed by atoms with Gasteiger partial charge in [0.05, 0.1) is 6.42 Å². The van der Waals surface area contributed by atoms with Crippen LogP contribution in [0, 0.1) is 0 Å². The van der Waals surface area contributed by atoms with Crippen molar-refractivity contribution in [3.05, 3.63) is 34.3 Å². The minimum Gasteiger partial charge on any atom is -0.339 e. The van der Waals surface area contributed by atoms with Crippen molar-refractivity contribution in [2.75, 3.05) is 13.1 Å². The third kappa shape index (κ3) is 4.79. The Balaban J connectivity index is 0.00000180. The molecule has 1 N–H and O–H groups in total. The van der Waals surface area contributed by atoms with Crippen LogP contribution in [-0.4, -0.2) is 36.0 Å². The highest BCUT2D eigenvalue weighted by atomic mass is 79.9. The number of hydrogen-bond donors (Lipinski definition) is 1.